The molecule has 1 aromatic carbocycles. The van der Waals surface area contributed by atoms with Crippen LogP contribution in [0.25, 0.3) is 0 Å². The zero-order chi connectivity index (χ0) is 12.0. The molecule has 4 heteroatoms. The maximum absolute atomic E-state index is 11.3. The Balaban J connectivity index is 2.49. The molecule has 0 amide bonds. The van der Waals surface area contributed by atoms with Gasteiger partial charge >= 0.3 is 5.97 Å². The monoisotopic (exact) mass is 223 g/mol. The van der Waals surface area contributed by atoms with E-state index < -0.39 is 0 Å². The molecule has 0 fully saturated rings. The van der Waals surface area contributed by atoms with Crippen LogP contribution in [0.15, 0.2) is 24.3 Å². The molecule has 88 valence electrons. The van der Waals surface area contributed by atoms with Crippen LogP contribution < -0.4 is 5.32 Å². The number of ether oxygens (including phenoxy) is 1. The molecule has 0 unspecified atom stereocenters. The smallest absolute Gasteiger partial charge is 0.322 e. The van der Waals surface area contributed by atoms with Crippen molar-refractivity contribution in [2.75, 3.05) is 14.2 Å². The Labute approximate surface area is 95.2 Å². The third kappa shape index (κ3) is 3.55. The molecule has 0 aliphatic carbocycles. The number of carbonyl (C=O) groups excluding carboxylic acids is 1. The minimum atomic E-state index is -0.279. The molecule has 1 rings (SSSR count). The van der Waals surface area contributed by atoms with Gasteiger partial charge in [0.15, 0.2) is 0 Å². The predicted octanol–water partition coefficient (Wildman–Crippen LogP) is 1.09. The number of nitrogens with one attached hydrogen (secondary N) is 1. The van der Waals surface area contributed by atoms with E-state index in [1.165, 1.54) is 7.11 Å². The van der Waals surface area contributed by atoms with Crippen LogP contribution in [0, 0.1) is 0 Å². The number of aromatic hydroxyl groups is 1. The van der Waals surface area contributed by atoms with Gasteiger partial charge in [-0.3, -0.25) is 4.79 Å². The largest absolute Gasteiger partial charge is 0.508 e. The summed E-state index contributed by atoms with van der Waals surface area (Å²) in [4.78, 5) is 11.3. The van der Waals surface area contributed by atoms with Gasteiger partial charge in [-0.2, -0.15) is 0 Å². The zero-order valence-corrected chi connectivity index (χ0v) is 9.56. The fourth-order valence-electron chi connectivity index (χ4n) is 1.50. The molecule has 1 aromatic rings. The van der Waals surface area contributed by atoms with E-state index in [0.29, 0.717) is 6.42 Å². The third-order valence-corrected chi connectivity index (χ3v) is 2.49. The van der Waals surface area contributed by atoms with Gasteiger partial charge in [-0.25, -0.2) is 0 Å². The topological polar surface area (TPSA) is 58.6 Å². The highest BCUT2D eigenvalue weighted by atomic mass is 16.5. The Morgan fingerprint density at radius 2 is 2.06 bits per heavy atom. The lowest BCUT2D eigenvalue weighted by atomic mass is 10.1. The zero-order valence-electron chi connectivity index (χ0n) is 9.56. The Kier molecular flexibility index (Phi) is 4.79. The van der Waals surface area contributed by atoms with Crippen LogP contribution >= 0.6 is 0 Å². The number of methoxy groups -OCH3 is 1. The molecule has 0 aliphatic heterocycles. The van der Waals surface area contributed by atoms with Crippen LogP contribution in [0.3, 0.4) is 0 Å². The Hall–Kier alpha value is -1.55. The van der Waals surface area contributed by atoms with Crippen LogP contribution in [0.5, 0.6) is 5.75 Å². The summed E-state index contributed by atoms with van der Waals surface area (Å²) >= 11 is 0. The van der Waals surface area contributed by atoms with Crippen molar-refractivity contribution in [2.45, 2.75) is 18.9 Å². The number of benzene rings is 1. The summed E-state index contributed by atoms with van der Waals surface area (Å²) < 4.78 is 4.67. The summed E-state index contributed by atoms with van der Waals surface area (Å²) in [6.45, 7) is 0. The molecular weight excluding hydrogens is 206 g/mol. The van der Waals surface area contributed by atoms with E-state index >= 15 is 0 Å². The van der Waals surface area contributed by atoms with Crippen molar-refractivity contribution >= 4 is 5.97 Å². The molecule has 0 saturated heterocycles. The van der Waals surface area contributed by atoms with Gasteiger partial charge in [-0.15, -0.1) is 0 Å². The second kappa shape index (κ2) is 6.12. The standard InChI is InChI=1S/C12H17NO3/c1-13-11(12(15)16-2)8-5-9-3-6-10(14)7-4-9/h3-4,6-7,11,13-14H,5,8H2,1-2H3/t11-/m1/s1. The first-order valence-corrected chi connectivity index (χ1v) is 5.20. The lowest BCUT2D eigenvalue weighted by Gasteiger charge is -2.13. The Bertz CT molecular complexity index is 335. The van der Waals surface area contributed by atoms with Crippen LogP contribution in [-0.4, -0.2) is 31.3 Å². The van der Waals surface area contributed by atoms with Crippen LogP contribution in [0.4, 0.5) is 0 Å². The molecule has 0 aliphatic rings. The fraction of sp³-hybridized carbons (Fsp3) is 0.417. The van der Waals surface area contributed by atoms with Crippen molar-refractivity contribution in [2.24, 2.45) is 0 Å². The number of esters is 1. The van der Waals surface area contributed by atoms with Gasteiger partial charge in [0.1, 0.15) is 11.8 Å². The van der Waals surface area contributed by atoms with E-state index in [2.05, 4.69) is 10.1 Å². The quantitative estimate of drug-likeness (QED) is 0.733. The van der Waals surface area contributed by atoms with Crippen molar-refractivity contribution < 1.29 is 14.6 Å². The Morgan fingerprint density at radius 1 is 1.44 bits per heavy atom. The van der Waals surface area contributed by atoms with Crippen molar-refractivity contribution in [1.29, 1.82) is 0 Å². The molecule has 0 bridgehead atoms. The van der Waals surface area contributed by atoms with Gasteiger partial charge < -0.3 is 15.2 Å². The van der Waals surface area contributed by atoms with Crippen LogP contribution in [-0.2, 0) is 16.0 Å². The summed E-state index contributed by atoms with van der Waals surface area (Å²) in [6.07, 6.45) is 1.44. The number of carbonyl (C=O) groups is 1. The molecule has 16 heavy (non-hydrogen) atoms. The molecule has 4 nitrogen and oxygen atoms in total. The molecule has 0 aromatic heterocycles. The van der Waals surface area contributed by atoms with Gasteiger partial charge in [0, 0.05) is 0 Å². The third-order valence-electron chi connectivity index (χ3n) is 2.49. The van der Waals surface area contributed by atoms with E-state index in [-0.39, 0.29) is 17.8 Å². The summed E-state index contributed by atoms with van der Waals surface area (Å²) in [5, 5.41) is 12.0. The average Bonchev–Trinajstić information content (AvgIpc) is 2.31. The van der Waals surface area contributed by atoms with Gasteiger partial charge in [0.2, 0.25) is 0 Å². The summed E-state index contributed by atoms with van der Waals surface area (Å²) in [5.74, 6) is 0.00293. The van der Waals surface area contributed by atoms with Gasteiger partial charge in [-0.1, -0.05) is 12.1 Å². The number of aryl methyl sites for hydroxylation is 1. The first-order valence-electron chi connectivity index (χ1n) is 5.20. The number of likely N-dealkylation sites (N-methyl/N-ethyl adjacent to an activating group) is 1. The summed E-state index contributed by atoms with van der Waals surface area (Å²) in [5.41, 5.74) is 1.09. The minimum Gasteiger partial charge on any atom is -0.508 e. The molecule has 2 N–H and O–H groups in total. The SMILES string of the molecule is CN[C@H](CCc1ccc(O)cc1)C(=O)OC. The maximum atomic E-state index is 11.3. The summed E-state index contributed by atoms with van der Waals surface area (Å²) in [6, 6.07) is 6.70. The number of rotatable bonds is 5. The van der Waals surface area contributed by atoms with Gasteiger partial charge in [-0.05, 0) is 37.6 Å². The molecular formula is C12H17NO3. The van der Waals surface area contributed by atoms with Crippen LogP contribution in [0.1, 0.15) is 12.0 Å². The predicted molar refractivity (Wildman–Crippen MR) is 61.3 cm³/mol. The van der Waals surface area contributed by atoms with E-state index in [4.69, 9.17) is 5.11 Å². The number of hydrogen-bond donors (Lipinski definition) is 2. The highest BCUT2D eigenvalue weighted by Gasteiger charge is 2.16. The lowest BCUT2D eigenvalue weighted by Crippen LogP contribution is -2.35. The molecule has 0 radical (unpaired) electrons. The van der Waals surface area contributed by atoms with E-state index in [9.17, 15) is 4.79 Å². The number of phenolic OH excluding ortho intramolecular Hbond substituents is 1. The van der Waals surface area contributed by atoms with Gasteiger partial charge in [0.05, 0.1) is 7.11 Å². The highest BCUT2D eigenvalue weighted by molar-refractivity contribution is 5.75. The summed E-state index contributed by atoms with van der Waals surface area (Å²) in [7, 11) is 3.12. The normalized spacial score (nSPS) is 12.1. The second-order valence-corrected chi connectivity index (χ2v) is 3.57. The van der Waals surface area contributed by atoms with Crippen molar-refractivity contribution in [3.63, 3.8) is 0 Å². The first-order chi connectivity index (χ1) is 7.67. The van der Waals surface area contributed by atoms with Crippen LogP contribution in [0.2, 0.25) is 0 Å². The fourth-order valence-corrected chi connectivity index (χ4v) is 1.50. The Morgan fingerprint density at radius 3 is 2.56 bits per heavy atom. The maximum Gasteiger partial charge on any atom is 0.322 e. The van der Waals surface area contributed by atoms with Crippen molar-refractivity contribution in [1.82, 2.24) is 5.32 Å². The van der Waals surface area contributed by atoms with Crippen molar-refractivity contribution in [3.8, 4) is 5.75 Å². The number of phenols is 1. The first kappa shape index (κ1) is 12.5. The van der Waals surface area contributed by atoms with Crippen molar-refractivity contribution in [3.05, 3.63) is 29.8 Å². The molecule has 0 heterocycles. The molecule has 0 spiro atoms. The highest BCUT2D eigenvalue weighted by Crippen LogP contribution is 2.12. The minimum absolute atomic E-state index is 0.249. The average molecular weight is 223 g/mol. The van der Waals surface area contributed by atoms with E-state index in [1.807, 2.05) is 12.1 Å². The molecule has 1 atom stereocenters. The van der Waals surface area contributed by atoms with E-state index in [0.717, 1.165) is 12.0 Å². The number of hydrogen-bond acceptors (Lipinski definition) is 4. The molecule has 0 saturated carbocycles. The second-order valence-electron chi connectivity index (χ2n) is 3.57. The van der Waals surface area contributed by atoms with E-state index in [1.54, 1.807) is 19.2 Å². The van der Waals surface area contributed by atoms with Gasteiger partial charge in [0.25, 0.3) is 0 Å². The lowest BCUT2D eigenvalue weighted by molar-refractivity contribution is -0.143.